The Morgan fingerprint density at radius 2 is 1.59 bits per heavy atom. The zero-order chi connectivity index (χ0) is 21.4. The number of nitrogens with one attached hydrogen (secondary N) is 2. The molecule has 0 aliphatic carbocycles. The van der Waals surface area contributed by atoms with E-state index >= 15 is 0 Å². The van der Waals surface area contributed by atoms with E-state index in [2.05, 4.69) is 10.6 Å². The Morgan fingerprint density at radius 1 is 0.966 bits per heavy atom. The highest BCUT2D eigenvalue weighted by Crippen LogP contribution is 2.16. The summed E-state index contributed by atoms with van der Waals surface area (Å²) in [5, 5.41) is 13.9. The monoisotopic (exact) mass is 396 g/mol. The SMILES string of the molecule is CC(C)Oc1ccc(/C=C(/NC(=O)c2ccccc2)C(=O)N[C@@H](C)C(=O)O)cc1. The third kappa shape index (κ3) is 6.80. The normalized spacial score (nSPS) is 12.2. The van der Waals surface area contributed by atoms with Crippen LogP contribution < -0.4 is 15.4 Å². The summed E-state index contributed by atoms with van der Waals surface area (Å²) in [7, 11) is 0. The standard InChI is InChI=1S/C22H24N2O5/c1-14(2)29-18-11-9-16(10-12-18)13-19(21(26)23-15(3)22(27)28)24-20(25)17-7-5-4-6-8-17/h4-15H,1-3H3,(H,23,26)(H,24,25)(H,27,28)/b19-13+/t15-/m0/s1. The van der Waals surface area contributed by atoms with E-state index in [-0.39, 0.29) is 11.8 Å². The van der Waals surface area contributed by atoms with E-state index in [0.717, 1.165) is 0 Å². The molecule has 0 aromatic heterocycles. The van der Waals surface area contributed by atoms with Crippen LogP contribution in [0.3, 0.4) is 0 Å². The quantitative estimate of drug-likeness (QED) is 0.595. The van der Waals surface area contributed by atoms with Crippen LogP contribution >= 0.6 is 0 Å². The van der Waals surface area contributed by atoms with Gasteiger partial charge in [-0.25, -0.2) is 0 Å². The highest BCUT2D eigenvalue weighted by molar-refractivity contribution is 6.06. The molecule has 7 heteroatoms. The van der Waals surface area contributed by atoms with Crippen molar-refractivity contribution >= 4 is 23.9 Å². The van der Waals surface area contributed by atoms with Crippen molar-refractivity contribution in [2.24, 2.45) is 0 Å². The van der Waals surface area contributed by atoms with Gasteiger partial charge in [-0.1, -0.05) is 30.3 Å². The lowest BCUT2D eigenvalue weighted by atomic mass is 10.1. The summed E-state index contributed by atoms with van der Waals surface area (Å²) >= 11 is 0. The minimum absolute atomic E-state index is 0.0281. The molecule has 2 aromatic carbocycles. The lowest BCUT2D eigenvalue weighted by Gasteiger charge is -2.14. The van der Waals surface area contributed by atoms with E-state index < -0.39 is 23.8 Å². The molecule has 0 saturated heterocycles. The van der Waals surface area contributed by atoms with Crippen LogP contribution in [0, 0.1) is 0 Å². The fourth-order valence-corrected chi connectivity index (χ4v) is 2.36. The molecular formula is C22H24N2O5. The number of benzene rings is 2. The van der Waals surface area contributed by atoms with E-state index in [4.69, 9.17) is 9.84 Å². The summed E-state index contributed by atoms with van der Waals surface area (Å²) < 4.78 is 5.59. The van der Waals surface area contributed by atoms with Crippen molar-refractivity contribution in [3.05, 3.63) is 71.4 Å². The minimum Gasteiger partial charge on any atom is -0.491 e. The van der Waals surface area contributed by atoms with Gasteiger partial charge in [0.1, 0.15) is 17.5 Å². The number of carbonyl (C=O) groups excluding carboxylic acids is 2. The molecule has 0 bridgehead atoms. The van der Waals surface area contributed by atoms with Gasteiger partial charge in [-0.15, -0.1) is 0 Å². The maximum atomic E-state index is 12.6. The third-order valence-corrected chi connectivity index (χ3v) is 3.81. The summed E-state index contributed by atoms with van der Waals surface area (Å²) in [6.07, 6.45) is 1.50. The second-order valence-electron chi connectivity index (χ2n) is 6.65. The second kappa shape index (κ2) is 10.1. The average molecular weight is 396 g/mol. The second-order valence-corrected chi connectivity index (χ2v) is 6.65. The Kier molecular flexibility index (Phi) is 7.54. The number of carboxylic acid groups (broad SMARTS) is 1. The Bertz CT molecular complexity index is 889. The first kappa shape index (κ1) is 21.7. The minimum atomic E-state index is -1.18. The molecule has 0 saturated carbocycles. The van der Waals surface area contributed by atoms with E-state index in [9.17, 15) is 14.4 Å². The van der Waals surface area contributed by atoms with Crippen molar-refractivity contribution in [2.45, 2.75) is 32.9 Å². The highest BCUT2D eigenvalue weighted by Gasteiger charge is 2.19. The molecule has 0 aliphatic rings. The van der Waals surface area contributed by atoms with Crippen LogP contribution in [0.5, 0.6) is 5.75 Å². The predicted octanol–water partition coefficient (Wildman–Crippen LogP) is 2.83. The van der Waals surface area contributed by atoms with Gasteiger partial charge in [0, 0.05) is 5.56 Å². The van der Waals surface area contributed by atoms with Crippen LogP contribution in [0.4, 0.5) is 0 Å². The Morgan fingerprint density at radius 3 is 2.14 bits per heavy atom. The first-order valence-corrected chi connectivity index (χ1v) is 9.14. The maximum absolute atomic E-state index is 12.6. The van der Waals surface area contributed by atoms with Crippen molar-refractivity contribution in [1.82, 2.24) is 10.6 Å². The smallest absolute Gasteiger partial charge is 0.325 e. The van der Waals surface area contributed by atoms with Gasteiger partial charge in [-0.05, 0) is 56.7 Å². The van der Waals surface area contributed by atoms with Crippen molar-refractivity contribution in [3.8, 4) is 5.75 Å². The Labute approximate surface area is 169 Å². The van der Waals surface area contributed by atoms with Crippen molar-refractivity contribution < 1.29 is 24.2 Å². The van der Waals surface area contributed by atoms with Crippen LogP contribution in [0.2, 0.25) is 0 Å². The van der Waals surface area contributed by atoms with Crippen LogP contribution in [0.25, 0.3) is 6.08 Å². The lowest BCUT2D eigenvalue weighted by Crippen LogP contribution is -2.42. The zero-order valence-electron chi connectivity index (χ0n) is 16.5. The third-order valence-electron chi connectivity index (χ3n) is 3.81. The molecule has 7 nitrogen and oxygen atoms in total. The molecule has 0 unspecified atom stereocenters. The number of aliphatic carboxylic acids is 1. The number of rotatable bonds is 8. The first-order valence-electron chi connectivity index (χ1n) is 9.14. The molecule has 152 valence electrons. The lowest BCUT2D eigenvalue weighted by molar-refractivity contribution is -0.140. The van der Waals surface area contributed by atoms with Crippen LogP contribution in [-0.4, -0.2) is 35.0 Å². The van der Waals surface area contributed by atoms with Gasteiger partial charge in [0.15, 0.2) is 0 Å². The van der Waals surface area contributed by atoms with Crippen LogP contribution in [-0.2, 0) is 9.59 Å². The van der Waals surface area contributed by atoms with Gasteiger partial charge < -0.3 is 20.5 Å². The average Bonchev–Trinajstić information content (AvgIpc) is 2.68. The zero-order valence-corrected chi connectivity index (χ0v) is 16.5. The molecule has 0 fully saturated rings. The van der Waals surface area contributed by atoms with E-state index in [1.807, 2.05) is 13.8 Å². The Hall–Kier alpha value is -3.61. The van der Waals surface area contributed by atoms with Crippen molar-refractivity contribution in [3.63, 3.8) is 0 Å². The van der Waals surface area contributed by atoms with Crippen LogP contribution in [0.1, 0.15) is 36.7 Å². The number of hydrogen-bond acceptors (Lipinski definition) is 4. The summed E-state index contributed by atoms with van der Waals surface area (Å²) in [6, 6.07) is 14.3. The number of hydrogen-bond donors (Lipinski definition) is 3. The number of amides is 2. The van der Waals surface area contributed by atoms with Gasteiger partial charge in [0.25, 0.3) is 11.8 Å². The molecule has 1 atom stereocenters. The van der Waals surface area contributed by atoms with Gasteiger partial charge in [-0.2, -0.15) is 0 Å². The molecule has 2 rings (SSSR count). The largest absolute Gasteiger partial charge is 0.491 e. The molecule has 0 spiro atoms. The first-order chi connectivity index (χ1) is 13.8. The number of carbonyl (C=O) groups is 3. The van der Waals surface area contributed by atoms with E-state index in [1.54, 1.807) is 54.6 Å². The maximum Gasteiger partial charge on any atom is 0.325 e. The fraction of sp³-hybridized carbons (Fsp3) is 0.227. The molecule has 0 aliphatic heterocycles. The molecule has 2 amide bonds. The fourth-order valence-electron chi connectivity index (χ4n) is 2.36. The van der Waals surface area contributed by atoms with Crippen molar-refractivity contribution in [1.29, 1.82) is 0 Å². The molecule has 2 aromatic rings. The molecule has 29 heavy (non-hydrogen) atoms. The van der Waals surface area contributed by atoms with Gasteiger partial charge in [-0.3, -0.25) is 14.4 Å². The molecular weight excluding hydrogens is 372 g/mol. The van der Waals surface area contributed by atoms with E-state index in [0.29, 0.717) is 16.9 Å². The summed E-state index contributed by atoms with van der Waals surface area (Å²) in [6.45, 7) is 5.17. The molecule has 0 heterocycles. The predicted molar refractivity (Wildman–Crippen MR) is 109 cm³/mol. The summed E-state index contributed by atoms with van der Waals surface area (Å²) in [4.78, 5) is 36.1. The van der Waals surface area contributed by atoms with Gasteiger partial charge >= 0.3 is 5.97 Å². The van der Waals surface area contributed by atoms with E-state index in [1.165, 1.54) is 13.0 Å². The van der Waals surface area contributed by atoms with Gasteiger partial charge in [0.2, 0.25) is 0 Å². The summed E-state index contributed by atoms with van der Waals surface area (Å²) in [5.74, 6) is -1.68. The summed E-state index contributed by atoms with van der Waals surface area (Å²) in [5.41, 5.74) is 0.949. The Balaban J connectivity index is 2.27. The van der Waals surface area contributed by atoms with Gasteiger partial charge in [0.05, 0.1) is 6.10 Å². The number of ether oxygens (including phenoxy) is 1. The molecule has 3 N–H and O–H groups in total. The topological polar surface area (TPSA) is 105 Å². The highest BCUT2D eigenvalue weighted by atomic mass is 16.5. The van der Waals surface area contributed by atoms with Crippen molar-refractivity contribution in [2.75, 3.05) is 0 Å². The van der Waals surface area contributed by atoms with Crippen LogP contribution in [0.15, 0.2) is 60.3 Å². The number of carboxylic acids is 1. The molecule has 0 radical (unpaired) electrons.